The quantitative estimate of drug-likeness (QED) is 0.381. The van der Waals surface area contributed by atoms with E-state index in [9.17, 15) is 14.3 Å². The van der Waals surface area contributed by atoms with Crippen LogP contribution in [0.3, 0.4) is 0 Å². The monoisotopic (exact) mass is 584 g/mol. The number of rotatable bonds is 9. The largest absolute Gasteiger partial charge is 0.478 e. The van der Waals surface area contributed by atoms with E-state index in [2.05, 4.69) is 27.4 Å². The highest BCUT2D eigenvalue weighted by molar-refractivity contribution is 5.92. The molecule has 4 heterocycles. The summed E-state index contributed by atoms with van der Waals surface area (Å²) in [6.07, 6.45) is 5.67. The Labute approximate surface area is 250 Å². The first-order valence-corrected chi connectivity index (χ1v) is 15.1. The molecular formula is C33H37FN6O3. The van der Waals surface area contributed by atoms with Gasteiger partial charge in [-0.2, -0.15) is 5.26 Å². The summed E-state index contributed by atoms with van der Waals surface area (Å²) in [5.41, 5.74) is 4.81. The number of carbonyl (C=O) groups is 1. The number of hydrogen-bond donors (Lipinski definition) is 1. The smallest absolute Gasteiger partial charge is 0.335 e. The normalized spacial score (nSPS) is 19.9. The Hall–Kier alpha value is -4.07. The number of aromatic nitrogens is 2. The minimum Gasteiger partial charge on any atom is -0.478 e. The topological polar surface area (TPSA) is 107 Å². The van der Waals surface area contributed by atoms with E-state index in [1.807, 2.05) is 13.0 Å². The predicted molar refractivity (Wildman–Crippen MR) is 161 cm³/mol. The van der Waals surface area contributed by atoms with Crippen molar-refractivity contribution in [1.29, 1.82) is 5.26 Å². The van der Waals surface area contributed by atoms with Gasteiger partial charge in [0, 0.05) is 38.5 Å². The zero-order chi connectivity index (χ0) is 30.1. The summed E-state index contributed by atoms with van der Waals surface area (Å²) >= 11 is 0. The van der Waals surface area contributed by atoms with Gasteiger partial charge in [-0.3, -0.25) is 4.90 Å². The number of halogens is 1. The Balaban J connectivity index is 1.11. The number of allylic oxidation sites excluding steroid dienone is 1. The van der Waals surface area contributed by atoms with Gasteiger partial charge in [0.2, 0.25) is 0 Å². The standard InChI is InChI=1S/C33H37FN6O3/c1-21-14-23(18-35)16-27(34)26(21)15-22(2)28-4-3-5-31(36-28)39-11-9-38(10-12-39)20-32-37-29-7-6-24(33(41)42)17-30(29)40(32)19-25-8-13-43-25/h5-7,14,16-17,22,25H,3-4,8-13,15,19-20H2,1-2H3,(H,41,42). The van der Waals surface area contributed by atoms with Gasteiger partial charge < -0.3 is 19.3 Å². The van der Waals surface area contributed by atoms with Crippen LogP contribution in [0.15, 0.2) is 47.2 Å². The first kappa shape index (κ1) is 29.0. The molecule has 1 N–H and O–H groups in total. The van der Waals surface area contributed by atoms with Gasteiger partial charge in [0.25, 0.3) is 0 Å². The number of benzene rings is 2. The summed E-state index contributed by atoms with van der Waals surface area (Å²) in [6.45, 7) is 9.49. The molecule has 9 nitrogen and oxygen atoms in total. The molecule has 2 fully saturated rings. The van der Waals surface area contributed by atoms with E-state index in [0.29, 0.717) is 30.6 Å². The highest BCUT2D eigenvalue weighted by atomic mass is 19.1. The van der Waals surface area contributed by atoms with Crippen molar-refractivity contribution in [3.63, 3.8) is 0 Å². The molecule has 10 heteroatoms. The third-order valence-corrected chi connectivity index (χ3v) is 8.93. The summed E-state index contributed by atoms with van der Waals surface area (Å²) in [5, 5.41) is 18.7. The van der Waals surface area contributed by atoms with Crippen LogP contribution in [0.4, 0.5) is 4.39 Å². The van der Waals surface area contributed by atoms with E-state index in [-0.39, 0.29) is 23.4 Å². The van der Waals surface area contributed by atoms with Crippen molar-refractivity contribution in [3.8, 4) is 6.07 Å². The predicted octanol–water partition coefficient (Wildman–Crippen LogP) is 4.92. The summed E-state index contributed by atoms with van der Waals surface area (Å²) < 4.78 is 22.6. The summed E-state index contributed by atoms with van der Waals surface area (Å²) in [4.78, 5) is 26.3. The fourth-order valence-corrected chi connectivity index (χ4v) is 6.27. The number of piperazine rings is 1. The molecule has 0 radical (unpaired) electrons. The van der Waals surface area contributed by atoms with Gasteiger partial charge in [0.05, 0.1) is 47.4 Å². The Morgan fingerprint density at radius 2 is 2.02 bits per heavy atom. The van der Waals surface area contributed by atoms with E-state index in [4.69, 9.17) is 20.0 Å². The molecule has 2 aromatic carbocycles. The van der Waals surface area contributed by atoms with Crippen molar-refractivity contribution in [2.45, 2.75) is 58.7 Å². The van der Waals surface area contributed by atoms with Crippen LogP contribution in [0.1, 0.15) is 59.1 Å². The lowest BCUT2D eigenvalue weighted by Gasteiger charge is -2.37. The van der Waals surface area contributed by atoms with E-state index in [1.165, 1.54) is 6.07 Å². The number of imidazole rings is 1. The van der Waals surface area contributed by atoms with Crippen LogP contribution in [-0.4, -0.2) is 75.0 Å². The van der Waals surface area contributed by atoms with Crippen molar-refractivity contribution in [1.82, 2.24) is 19.4 Å². The van der Waals surface area contributed by atoms with Gasteiger partial charge in [-0.15, -0.1) is 0 Å². The number of hydrogen-bond acceptors (Lipinski definition) is 7. The van der Waals surface area contributed by atoms with Crippen molar-refractivity contribution < 1.29 is 19.0 Å². The van der Waals surface area contributed by atoms with Crippen LogP contribution >= 0.6 is 0 Å². The van der Waals surface area contributed by atoms with E-state index >= 15 is 0 Å². The van der Waals surface area contributed by atoms with Crippen molar-refractivity contribution in [3.05, 3.63) is 76.1 Å². The van der Waals surface area contributed by atoms with E-state index in [0.717, 1.165) is 86.0 Å². The van der Waals surface area contributed by atoms with Gasteiger partial charge in [-0.1, -0.05) is 6.92 Å². The highest BCUT2D eigenvalue weighted by Crippen LogP contribution is 2.27. The van der Waals surface area contributed by atoms with Crippen LogP contribution in [0.25, 0.3) is 11.0 Å². The molecule has 0 amide bonds. The average molecular weight is 585 g/mol. The van der Waals surface area contributed by atoms with Gasteiger partial charge >= 0.3 is 5.97 Å². The van der Waals surface area contributed by atoms with Gasteiger partial charge in [-0.05, 0) is 86.1 Å². The molecular weight excluding hydrogens is 547 g/mol. The summed E-state index contributed by atoms with van der Waals surface area (Å²) in [6, 6.07) is 10.2. The Bertz CT molecular complexity index is 1620. The molecule has 0 saturated carbocycles. The lowest BCUT2D eigenvalue weighted by molar-refractivity contribution is -0.0592. The third kappa shape index (κ3) is 6.19. The number of carboxylic acids is 1. The molecule has 0 bridgehead atoms. The second kappa shape index (κ2) is 12.3. The number of aryl methyl sites for hydroxylation is 1. The zero-order valence-electron chi connectivity index (χ0n) is 24.7. The molecule has 0 spiro atoms. The van der Waals surface area contributed by atoms with Crippen LogP contribution in [0.2, 0.25) is 0 Å². The Morgan fingerprint density at radius 1 is 1.23 bits per heavy atom. The maximum absolute atomic E-state index is 14.8. The minimum atomic E-state index is -0.944. The number of fused-ring (bicyclic) bond motifs is 1. The van der Waals surface area contributed by atoms with E-state index in [1.54, 1.807) is 24.3 Å². The summed E-state index contributed by atoms with van der Waals surface area (Å²) in [7, 11) is 0. The molecule has 2 atom stereocenters. The molecule has 0 aliphatic carbocycles. The van der Waals surface area contributed by atoms with Crippen molar-refractivity contribution in [2.75, 3.05) is 32.8 Å². The van der Waals surface area contributed by atoms with E-state index < -0.39 is 5.97 Å². The molecule has 3 aliphatic heterocycles. The first-order chi connectivity index (χ1) is 20.8. The number of nitriles is 1. The molecule has 224 valence electrons. The molecule has 1 aromatic heterocycles. The SMILES string of the molecule is Cc1cc(C#N)cc(F)c1CC(C)C1=NC(N2CCN(Cc3nc4ccc(C(=O)O)cc4n3CC3CCO3)CC2)=CCC1. The Morgan fingerprint density at radius 3 is 2.70 bits per heavy atom. The zero-order valence-corrected chi connectivity index (χ0v) is 24.7. The summed E-state index contributed by atoms with van der Waals surface area (Å²) in [5.74, 6) is 0.766. The van der Waals surface area contributed by atoms with Crippen LogP contribution in [0.5, 0.6) is 0 Å². The van der Waals surface area contributed by atoms with Crippen molar-refractivity contribution in [2.24, 2.45) is 10.9 Å². The minimum absolute atomic E-state index is 0.0976. The van der Waals surface area contributed by atoms with Gasteiger partial charge in [0.1, 0.15) is 17.5 Å². The maximum Gasteiger partial charge on any atom is 0.335 e. The number of carboxylic acid groups (broad SMARTS) is 1. The fourth-order valence-electron chi connectivity index (χ4n) is 6.27. The number of aliphatic imine (C=N–C) groups is 1. The first-order valence-electron chi connectivity index (χ1n) is 15.1. The molecule has 6 rings (SSSR count). The second-order valence-electron chi connectivity index (χ2n) is 11.9. The fraction of sp³-hybridized carbons (Fsp3) is 0.455. The van der Waals surface area contributed by atoms with Crippen LogP contribution < -0.4 is 0 Å². The average Bonchev–Trinajstić information content (AvgIpc) is 3.32. The van der Waals surface area contributed by atoms with Crippen LogP contribution in [0, 0.1) is 30.0 Å². The third-order valence-electron chi connectivity index (χ3n) is 8.93. The molecule has 3 aliphatic rings. The lowest BCUT2D eigenvalue weighted by atomic mass is 9.90. The van der Waals surface area contributed by atoms with Gasteiger partial charge in [0.15, 0.2) is 0 Å². The van der Waals surface area contributed by atoms with Gasteiger partial charge in [-0.25, -0.2) is 19.2 Å². The molecule has 43 heavy (non-hydrogen) atoms. The molecule has 2 saturated heterocycles. The second-order valence-corrected chi connectivity index (χ2v) is 11.9. The van der Waals surface area contributed by atoms with Crippen LogP contribution in [-0.2, 0) is 24.2 Å². The molecule has 2 unspecified atom stereocenters. The number of nitrogens with zero attached hydrogens (tertiary/aromatic N) is 6. The lowest BCUT2D eigenvalue weighted by Crippen LogP contribution is -2.46. The maximum atomic E-state index is 14.8. The number of aromatic carboxylic acids is 1. The highest BCUT2D eigenvalue weighted by Gasteiger charge is 2.26. The van der Waals surface area contributed by atoms with Crippen molar-refractivity contribution >= 4 is 22.7 Å². The molecule has 3 aromatic rings. The number of ether oxygens (including phenoxy) is 1. The Kier molecular flexibility index (Phi) is 8.28.